The Labute approximate surface area is 234 Å². The number of aromatic nitrogens is 2. The van der Waals surface area contributed by atoms with Gasteiger partial charge in [0.25, 0.3) is 17.4 Å². The van der Waals surface area contributed by atoms with Gasteiger partial charge >= 0.3 is 0 Å². The molecule has 0 aliphatic rings. The number of carbonyl (C=O) groups is 2. The number of amides is 2. The van der Waals surface area contributed by atoms with Crippen LogP contribution in [0.4, 0.5) is 0 Å². The lowest BCUT2D eigenvalue weighted by atomic mass is 10.0. The Morgan fingerprint density at radius 1 is 1.00 bits per heavy atom. The molecule has 4 rings (SSSR count). The molecule has 0 radical (unpaired) electrons. The molecule has 0 aliphatic carbocycles. The molecule has 0 atom stereocenters. The number of H-pyrrole nitrogens is 1. The Morgan fingerprint density at radius 2 is 1.77 bits per heavy atom. The fraction of sp³-hybridized carbons (Fsp3) is 0.323. The van der Waals surface area contributed by atoms with Crippen molar-refractivity contribution in [2.24, 2.45) is 7.05 Å². The number of rotatable bonds is 10. The topological polar surface area (TPSA) is 108 Å². The number of aromatic amines is 1. The number of ether oxygens (including phenoxy) is 1. The Bertz CT molecular complexity index is 1620. The van der Waals surface area contributed by atoms with Crippen molar-refractivity contribution >= 4 is 22.7 Å². The van der Waals surface area contributed by atoms with Crippen LogP contribution in [0.2, 0.25) is 0 Å². The minimum atomic E-state index is -0.267. The van der Waals surface area contributed by atoms with Crippen molar-refractivity contribution in [3.05, 3.63) is 81.4 Å². The van der Waals surface area contributed by atoms with Crippen LogP contribution in [0.1, 0.15) is 45.3 Å². The number of nitrogens with one attached hydrogen (secondary N) is 3. The van der Waals surface area contributed by atoms with E-state index in [2.05, 4.69) is 20.5 Å². The van der Waals surface area contributed by atoms with Gasteiger partial charge in [-0.25, -0.2) is 0 Å². The molecule has 40 heavy (non-hydrogen) atoms. The highest BCUT2D eigenvalue weighted by Crippen LogP contribution is 2.33. The minimum Gasteiger partial charge on any atom is -0.457 e. The maximum absolute atomic E-state index is 12.8. The van der Waals surface area contributed by atoms with Crippen molar-refractivity contribution in [3.63, 3.8) is 0 Å². The van der Waals surface area contributed by atoms with Crippen LogP contribution in [-0.2, 0) is 7.05 Å². The molecule has 3 N–H and O–H groups in total. The van der Waals surface area contributed by atoms with Crippen LogP contribution in [-0.4, -0.2) is 60.0 Å². The fourth-order valence-corrected chi connectivity index (χ4v) is 4.64. The molecule has 0 unspecified atom stereocenters. The maximum atomic E-state index is 12.8. The van der Waals surface area contributed by atoms with Gasteiger partial charge in [-0.3, -0.25) is 14.4 Å². The fourth-order valence-electron chi connectivity index (χ4n) is 4.64. The molecule has 2 aromatic carbocycles. The smallest absolute Gasteiger partial charge is 0.274 e. The summed E-state index contributed by atoms with van der Waals surface area (Å²) in [6, 6.07) is 13.0. The number of aryl methyl sites for hydroxylation is 3. The lowest BCUT2D eigenvalue weighted by molar-refractivity contribution is 0.0943. The largest absolute Gasteiger partial charge is 0.457 e. The zero-order chi connectivity index (χ0) is 29.0. The Hall–Kier alpha value is -4.37. The van der Waals surface area contributed by atoms with Gasteiger partial charge in [-0.2, -0.15) is 0 Å². The lowest BCUT2D eigenvalue weighted by Crippen LogP contribution is -2.27. The van der Waals surface area contributed by atoms with E-state index in [1.807, 2.05) is 65.2 Å². The van der Waals surface area contributed by atoms with Gasteiger partial charge in [0, 0.05) is 42.8 Å². The molecule has 0 saturated heterocycles. The SMILES string of the molecule is CCNC(=O)c1cc2c(-c3cc(C)cc(Oc4ccc(C)c(C(=O)NCCCN(C)C)c4)c3)cn(C)c(=O)c2[nH]1. The summed E-state index contributed by atoms with van der Waals surface area (Å²) in [6.07, 6.45) is 2.63. The van der Waals surface area contributed by atoms with Crippen LogP contribution in [0.5, 0.6) is 11.5 Å². The van der Waals surface area contributed by atoms with E-state index in [1.165, 1.54) is 4.57 Å². The molecule has 0 spiro atoms. The third kappa shape index (κ3) is 6.43. The van der Waals surface area contributed by atoms with Crippen LogP contribution in [0.15, 0.2) is 53.5 Å². The number of nitrogens with zero attached hydrogens (tertiary/aromatic N) is 2. The molecule has 2 aromatic heterocycles. The van der Waals surface area contributed by atoms with E-state index >= 15 is 0 Å². The maximum Gasteiger partial charge on any atom is 0.274 e. The molecule has 0 aliphatic heterocycles. The van der Waals surface area contributed by atoms with E-state index in [0.29, 0.717) is 46.7 Å². The second-order valence-electron chi connectivity index (χ2n) is 10.3. The quantitative estimate of drug-likeness (QED) is 0.258. The van der Waals surface area contributed by atoms with E-state index < -0.39 is 0 Å². The summed E-state index contributed by atoms with van der Waals surface area (Å²) in [7, 11) is 5.70. The Morgan fingerprint density at radius 3 is 2.50 bits per heavy atom. The summed E-state index contributed by atoms with van der Waals surface area (Å²) < 4.78 is 7.74. The first-order chi connectivity index (χ1) is 19.1. The number of hydrogen-bond donors (Lipinski definition) is 3. The average Bonchev–Trinajstić information content (AvgIpc) is 3.35. The van der Waals surface area contributed by atoms with E-state index in [1.54, 1.807) is 25.4 Å². The van der Waals surface area contributed by atoms with Crippen molar-refractivity contribution in [3.8, 4) is 22.6 Å². The normalized spacial score (nSPS) is 11.2. The van der Waals surface area contributed by atoms with Crippen molar-refractivity contribution in [1.82, 2.24) is 25.1 Å². The summed E-state index contributed by atoms with van der Waals surface area (Å²) in [5, 5.41) is 6.41. The molecular weight excluding hydrogens is 506 g/mol. The zero-order valence-electron chi connectivity index (χ0n) is 24.0. The van der Waals surface area contributed by atoms with Crippen molar-refractivity contribution in [1.29, 1.82) is 0 Å². The van der Waals surface area contributed by atoms with Crippen LogP contribution in [0.25, 0.3) is 22.0 Å². The molecule has 0 bridgehead atoms. The van der Waals surface area contributed by atoms with Gasteiger partial charge in [0.2, 0.25) is 0 Å². The van der Waals surface area contributed by atoms with Crippen LogP contribution in [0, 0.1) is 13.8 Å². The Balaban J connectivity index is 1.65. The third-order valence-corrected chi connectivity index (χ3v) is 6.67. The first kappa shape index (κ1) is 28.6. The predicted octanol–water partition coefficient (Wildman–Crippen LogP) is 4.37. The highest BCUT2D eigenvalue weighted by atomic mass is 16.5. The van der Waals surface area contributed by atoms with E-state index in [9.17, 15) is 14.4 Å². The van der Waals surface area contributed by atoms with Gasteiger partial charge in [0.15, 0.2) is 0 Å². The molecule has 4 aromatic rings. The van der Waals surface area contributed by atoms with Crippen LogP contribution in [0.3, 0.4) is 0 Å². The molecule has 210 valence electrons. The molecule has 2 amide bonds. The Kier molecular flexibility index (Phi) is 8.74. The van der Waals surface area contributed by atoms with Gasteiger partial charge in [-0.05, 0) is 94.9 Å². The first-order valence-electron chi connectivity index (χ1n) is 13.4. The van der Waals surface area contributed by atoms with Gasteiger partial charge in [0.1, 0.15) is 22.7 Å². The molecule has 9 heteroatoms. The first-order valence-corrected chi connectivity index (χ1v) is 13.4. The summed E-state index contributed by atoms with van der Waals surface area (Å²) in [5.41, 5.74) is 4.50. The number of carbonyl (C=O) groups excluding carboxylic acids is 2. The second-order valence-corrected chi connectivity index (χ2v) is 10.3. The second kappa shape index (κ2) is 12.2. The molecule has 9 nitrogen and oxygen atoms in total. The van der Waals surface area contributed by atoms with Gasteiger partial charge in [0.05, 0.1) is 0 Å². The summed E-state index contributed by atoms with van der Waals surface area (Å²) in [6.45, 7) is 7.69. The highest BCUT2D eigenvalue weighted by molar-refractivity contribution is 6.02. The number of benzene rings is 2. The van der Waals surface area contributed by atoms with Crippen LogP contribution < -0.4 is 20.9 Å². The van der Waals surface area contributed by atoms with Gasteiger partial charge in [-0.15, -0.1) is 0 Å². The predicted molar refractivity (Wildman–Crippen MR) is 158 cm³/mol. The number of pyridine rings is 1. The van der Waals surface area contributed by atoms with E-state index in [0.717, 1.165) is 35.2 Å². The number of fused-ring (bicyclic) bond motifs is 1. The monoisotopic (exact) mass is 543 g/mol. The van der Waals surface area contributed by atoms with E-state index in [-0.39, 0.29) is 17.4 Å². The molecule has 2 heterocycles. The van der Waals surface area contributed by atoms with Gasteiger partial charge < -0.3 is 29.8 Å². The standard InChI is InChI=1S/C31H37N5O4/c1-7-32-30(38)27-17-25-26(18-36(6)31(39)28(25)34-27)21-13-19(2)14-23(15-21)40-22-10-9-20(3)24(16-22)29(37)33-11-8-12-35(4)5/h9-10,13-18,34H,7-8,11-12H2,1-6H3,(H,32,38)(H,33,37). The lowest BCUT2D eigenvalue weighted by Gasteiger charge is -2.14. The highest BCUT2D eigenvalue weighted by Gasteiger charge is 2.17. The summed E-state index contributed by atoms with van der Waals surface area (Å²) in [5.74, 6) is 0.746. The number of hydrogen-bond acceptors (Lipinski definition) is 5. The molecule has 0 saturated carbocycles. The van der Waals surface area contributed by atoms with Crippen molar-refractivity contribution in [2.75, 3.05) is 33.7 Å². The molecule has 0 fully saturated rings. The van der Waals surface area contributed by atoms with E-state index in [4.69, 9.17) is 4.74 Å². The summed E-state index contributed by atoms with van der Waals surface area (Å²) in [4.78, 5) is 43.2. The minimum absolute atomic E-state index is 0.130. The molecular formula is C31H37N5O4. The average molecular weight is 544 g/mol. The van der Waals surface area contributed by atoms with Crippen molar-refractivity contribution in [2.45, 2.75) is 27.2 Å². The third-order valence-electron chi connectivity index (χ3n) is 6.67. The van der Waals surface area contributed by atoms with Crippen molar-refractivity contribution < 1.29 is 14.3 Å². The van der Waals surface area contributed by atoms with Crippen LogP contribution >= 0.6 is 0 Å². The summed E-state index contributed by atoms with van der Waals surface area (Å²) >= 11 is 0. The zero-order valence-corrected chi connectivity index (χ0v) is 24.0. The van der Waals surface area contributed by atoms with Gasteiger partial charge in [-0.1, -0.05) is 12.1 Å².